The highest BCUT2D eigenvalue weighted by Gasteiger charge is 2.31. The Labute approximate surface area is 196 Å². The summed E-state index contributed by atoms with van der Waals surface area (Å²) in [5, 5.41) is 33.5. The molecule has 0 saturated carbocycles. The normalized spacial score (nSPS) is 14.5. The van der Waals surface area contributed by atoms with Crippen LogP contribution >= 0.6 is 0 Å². The number of tetrazole rings is 1. The number of benzene rings is 3. The van der Waals surface area contributed by atoms with E-state index in [1.165, 1.54) is 6.07 Å². The van der Waals surface area contributed by atoms with E-state index in [4.69, 9.17) is 0 Å². The highest BCUT2D eigenvalue weighted by Crippen LogP contribution is 2.37. The number of phenolic OH excluding ortho intramolecular Hbond substituents is 1. The molecule has 0 fully saturated rings. The molecule has 2 heterocycles. The minimum atomic E-state index is -1.09. The lowest BCUT2D eigenvalue weighted by Gasteiger charge is -2.11. The number of aromatic hydroxyl groups is 1. The van der Waals surface area contributed by atoms with Crippen LogP contribution in [0.25, 0.3) is 22.5 Å². The van der Waals surface area contributed by atoms with Crippen LogP contribution in [0.5, 0.6) is 5.75 Å². The number of nitrogens with one attached hydrogen (secondary N) is 2. The number of H-pyrrole nitrogens is 1. The second-order valence-electron chi connectivity index (χ2n) is 7.51. The number of nitrogens with zero attached hydrogens (tertiary/aromatic N) is 6. The van der Waals surface area contributed by atoms with Crippen molar-refractivity contribution in [3.8, 4) is 28.3 Å². The van der Waals surface area contributed by atoms with E-state index < -0.39 is 17.5 Å². The van der Waals surface area contributed by atoms with E-state index in [0.29, 0.717) is 33.9 Å². The molecule has 12 heteroatoms. The van der Waals surface area contributed by atoms with Crippen molar-refractivity contribution < 1.29 is 18.7 Å². The summed E-state index contributed by atoms with van der Waals surface area (Å²) < 4.78 is 26.8. The van der Waals surface area contributed by atoms with Gasteiger partial charge in [0.15, 0.2) is 23.2 Å². The number of rotatable bonds is 5. The zero-order valence-electron chi connectivity index (χ0n) is 18.1. The Morgan fingerprint density at radius 2 is 1.83 bits per heavy atom. The Morgan fingerprint density at radius 1 is 1.03 bits per heavy atom. The fourth-order valence-corrected chi connectivity index (χ4v) is 3.54. The minimum absolute atomic E-state index is 0.00867. The number of aromatic amines is 1. The van der Waals surface area contributed by atoms with Gasteiger partial charge >= 0.3 is 5.91 Å². The molecule has 3 aromatic carbocycles. The third-order valence-electron chi connectivity index (χ3n) is 5.24. The summed E-state index contributed by atoms with van der Waals surface area (Å²) in [5.74, 6) is -2.39. The SMILES string of the molecule is CC1=NN(c2ccc(F)c(F)c2)C(=O)C1=NNc1cccc(-c2cccc(-c3nnn[nH]3)c2O)c1. The molecule has 0 spiro atoms. The molecule has 0 unspecified atom stereocenters. The van der Waals surface area contributed by atoms with E-state index in [0.717, 1.165) is 17.1 Å². The third kappa shape index (κ3) is 4.08. The maximum Gasteiger partial charge on any atom is 0.301 e. The molecule has 174 valence electrons. The first-order valence-corrected chi connectivity index (χ1v) is 10.3. The van der Waals surface area contributed by atoms with Crippen LogP contribution in [0, 0.1) is 11.6 Å². The smallest absolute Gasteiger partial charge is 0.301 e. The maximum absolute atomic E-state index is 13.6. The van der Waals surface area contributed by atoms with Gasteiger partial charge in [0, 0.05) is 11.6 Å². The molecule has 3 N–H and O–H groups in total. The van der Waals surface area contributed by atoms with E-state index in [2.05, 4.69) is 36.3 Å². The Bertz CT molecular complexity index is 1500. The van der Waals surface area contributed by atoms with Crippen molar-refractivity contribution in [2.45, 2.75) is 6.92 Å². The molecule has 5 rings (SSSR count). The summed E-state index contributed by atoms with van der Waals surface area (Å²) in [5.41, 5.74) is 5.40. The maximum atomic E-state index is 13.6. The number of phenols is 1. The molecule has 0 aliphatic carbocycles. The second kappa shape index (κ2) is 8.74. The van der Waals surface area contributed by atoms with Crippen LogP contribution in [0.1, 0.15) is 6.92 Å². The van der Waals surface area contributed by atoms with Crippen LogP contribution in [-0.2, 0) is 4.79 Å². The lowest BCUT2D eigenvalue weighted by Crippen LogP contribution is -2.28. The molecule has 1 amide bonds. The van der Waals surface area contributed by atoms with Crippen molar-refractivity contribution in [2.24, 2.45) is 10.2 Å². The number of hydrazone groups is 2. The van der Waals surface area contributed by atoms with Crippen LogP contribution in [0.3, 0.4) is 0 Å². The van der Waals surface area contributed by atoms with Gasteiger partial charge in [-0.15, -0.1) is 5.10 Å². The highest BCUT2D eigenvalue weighted by atomic mass is 19.2. The average molecular weight is 474 g/mol. The van der Waals surface area contributed by atoms with Crippen LogP contribution in [-0.4, -0.2) is 43.1 Å². The Morgan fingerprint density at radius 3 is 2.60 bits per heavy atom. The summed E-state index contributed by atoms with van der Waals surface area (Å²) >= 11 is 0. The number of halogens is 2. The van der Waals surface area contributed by atoms with E-state index in [9.17, 15) is 18.7 Å². The molecule has 10 nitrogen and oxygen atoms in total. The van der Waals surface area contributed by atoms with Gasteiger partial charge in [0.25, 0.3) is 0 Å². The average Bonchev–Trinajstić information content (AvgIpc) is 3.48. The van der Waals surface area contributed by atoms with Crippen molar-refractivity contribution in [3.63, 3.8) is 0 Å². The van der Waals surface area contributed by atoms with Gasteiger partial charge in [-0.05, 0) is 53.2 Å². The molecule has 0 radical (unpaired) electrons. The molecule has 0 saturated heterocycles. The first-order chi connectivity index (χ1) is 16.9. The van der Waals surface area contributed by atoms with Gasteiger partial charge in [-0.1, -0.05) is 24.3 Å². The van der Waals surface area contributed by atoms with Gasteiger partial charge in [0.2, 0.25) is 0 Å². The van der Waals surface area contributed by atoms with E-state index >= 15 is 0 Å². The highest BCUT2D eigenvalue weighted by molar-refractivity contribution is 6.71. The van der Waals surface area contributed by atoms with Gasteiger partial charge in [0.1, 0.15) is 5.75 Å². The van der Waals surface area contributed by atoms with Crippen LogP contribution < -0.4 is 10.4 Å². The van der Waals surface area contributed by atoms with E-state index in [-0.39, 0.29) is 17.1 Å². The minimum Gasteiger partial charge on any atom is -0.507 e. The number of amides is 1. The molecule has 1 aromatic heterocycles. The number of hydrogen-bond acceptors (Lipinski definition) is 8. The van der Waals surface area contributed by atoms with Gasteiger partial charge in [-0.3, -0.25) is 10.2 Å². The molecular formula is C23H16F2N8O2. The number of aromatic nitrogens is 4. The summed E-state index contributed by atoms with van der Waals surface area (Å²) in [7, 11) is 0. The lowest BCUT2D eigenvalue weighted by molar-refractivity contribution is -0.112. The van der Waals surface area contributed by atoms with Gasteiger partial charge in [-0.25, -0.2) is 13.9 Å². The van der Waals surface area contributed by atoms with Crippen molar-refractivity contribution in [1.82, 2.24) is 20.6 Å². The van der Waals surface area contributed by atoms with E-state index in [1.54, 1.807) is 49.4 Å². The molecule has 1 aliphatic heterocycles. The summed E-state index contributed by atoms with van der Waals surface area (Å²) in [6.45, 7) is 1.58. The van der Waals surface area contributed by atoms with Gasteiger partial charge < -0.3 is 5.11 Å². The Hall–Kier alpha value is -5.00. The first-order valence-electron chi connectivity index (χ1n) is 10.3. The molecular weight excluding hydrogens is 458 g/mol. The van der Waals surface area contributed by atoms with E-state index in [1.807, 2.05) is 0 Å². The molecule has 0 bridgehead atoms. The second-order valence-corrected chi connectivity index (χ2v) is 7.51. The standard InChI is InChI=1S/C23H16F2N8O2/c1-12-20(23(35)33(30-12)15-8-9-18(24)19(25)11-15)27-26-14-5-2-4-13(10-14)16-6-3-7-17(21(16)34)22-28-31-32-29-22/h2-11,26,34H,1H3,(H,28,29,31,32). The monoisotopic (exact) mass is 474 g/mol. The summed E-state index contributed by atoms with van der Waals surface area (Å²) in [6.07, 6.45) is 0. The predicted molar refractivity (Wildman–Crippen MR) is 125 cm³/mol. The predicted octanol–water partition coefficient (Wildman–Crippen LogP) is 3.71. The Balaban J connectivity index is 1.39. The van der Waals surface area contributed by atoms with Crippen molar-refractivity contribution >= 4 is 28.7 Å². The topological polar surface area (TPSA) is 132 Å². The summed E-state index contributed by atoms with van der Waals surface area (Å²) in [4.78, 5) is 12.8. The summed E-state index contributed by atoms with van der Waals surface area (Å²) in [6, 6.07) is 15.3. The first kappa shape index (κ1) is 21.8. The Kier molecular flexibility index (Phi) is 5.45. The molecule has 0 atom stereocenters. The zero-order chi connectivity index (χ0) is 24.5. The molecule has 35 heavy (non-hydrogen) atoms. The molecule has 4 aromatic rings. The third-order valence-corrected chi connectivity index (χ3v) is 5.24. The van der Waals surface area contributed by atoms with Crippen LogP contribution in [0.15, 0.2) is 70.9 Å². The van der Waals surface area contributed by atoms with Crippen molar-refractivity contribution in [2.75, 3.05) is 10.4 Å². The van der Waals surface area contributed by atoms with Gasteiger partial charge in [-0.2, -0.15) is 15.2 Å². The number of carbonyl (C=O) groups is 1. The fraction of sp³-hybridized carbons (Fsp3) is 0.0435. The molecule has 1 aliphatic rings. The lowest BCUT2D eigenvalue weighted by atomic mass is 10.0. The number of hydrogen-bond donors (Lipinski definition) is 3. The van der Waals surface area contributed by atoms with Crippen LogP contribution in [0.2, 0.25) is 0 Å². The quantitative estimate of drug-likeness (QED) is 0.378. The number of para-hydroxylation sites is 1. The zero-order valence-corrected chi connectivity index (χ0v) is 18.1. The van der Waals surface area contributed by atoms with Gasteiger partial charge in [0.05, 0.1) is 22.6 Å². The van der Waals surface area contributed by atoms with Crippen molar-refractivity contribution in [3.05, 3.63) is 72.3 Å². The fourth-order valence-electron chi connectivity index (χ4n) is 3.54. The van der Waals surface area contributed by atoms with Crippen LogP contribution in [0.4, 0.5) is 20.2 Å². The number of carbonyl (C=O) groups excluding carboxylic acids is 1. The number of anilines is 2. The largest absolute Gasteiger partial charge is 0.507 e. The van der Waals surface area contributed by atoms with Crippen molar-refractivity contribution in [1.29, 1.82) is 0 Å².